The normalized spacial score (nSPS) is 9.80. The van der Waals surface area contributed by atoms with Gasteiger partial charge in [0.15, 0.2) is 0 Å². The standard InChI is InChI=1S/C5H3F2N3/c6-5(7)3-2-9-10-4(3)1-8/h2,5H,(H,9,10). The Kier molecular flexibility index (Phi) is 1.63. The molecule has 5 heteroatoms. The Bertz CT molecular complexity index is 260. The number of nitriles is 1. The average Bonchev–Trinajstić information content (AvgIpc) is 2.33. The molecule has 1 aromatic heterocycles. The molecule has 3 nitrogen and oxygen atoms in total. The Balaban J connectivity index is 3.05. The van der Waals surface area contributed by atoms with Gasteiger partial charge in [-0.25, -0.2) is 8.78 Å². The Labute approximate surface area is 55.3 Å². The van der Waals surface area contributed by atoms with E-state index in [2.05, 4.69) is 10.2 Å². The molecule has 0 aliphatic heterocycles. The quantitative estimate of drug-likeness (QED) is 0.642. The first-order chi connectivity index (χ1) is 4.75. The fourth-order valence-electron chi connectivity index (χ4n) is 0.550. The molecule has 0 saturated heterocycles. The third kappa shape index (κ3) is 0.957. The molecule has 0 aromatic carbocycles. The summed E-state index contributed by atoms with van der Waals surface area (Å²) >= 11 is 0. The highest BCUT2D eigenvalue weighted by Gasteiger charge is 2.13. The van der Waals surface area contributed by atoms with Crippen molar-refractivity contribution in [2.45, 2.75) is 6.43 Å². The van der Waals surface area contributed by atoms with Crippen molar-refractivity contribution in [2.75, 3.05) is 0 Å². The maximum atomic E-state index is 11.8. The van der Waals surface area contributed by atoms with E-state index in [1.54, 1.807) is 6.07 Å². The van der Waals surface area contributed by atoms with E-state index >= 15 is 0 Å². The van der Waals surface area contributed by atoms with Gasteiger partial charge in [0, 0.05) is 0 Å². The summed E-state index contributed by atoms with van der Waals surface area (Å²) in [6.45, 7) is 0. The number of alkyl halides is 2. The van der Waals surface area contributed by atoms with Crippen LogP contribution < -0.4 is 0 Å². The zero-order valence-electron chi connectivity index (χ0n) is 4.81. The summed E-state index contributed by atoms with van der Waals surface area (Å²) in [5.41, 5.74) is -0.516. The topological polar surface area (TPSA) is 52.5 Å². The van der Waals surface area contributed by atoms with Crippen LogP contribution in [0.3, 0.4) is 0 Å². The molecule has 0 spiro atoms. The molecule has 0 radical (unpaired) electrons. The van der Waals surface area contributed by atoms with Gasteiger partial charge in [-0.1, -0.05) is 0 Å². The third-order valence-electron chi connectivity index (χ3n) is 1.02. The second-order valence-electron chi connectivity index (χ2n) is 1.61. The van der Waals surface area contributed by atoms with Crippen molar-refractivity contribution in [3.8, 4) is 6.07 Å². The molecule has 0 atom stereocenters. The lowest BCUT2D eigenvalue weighted by Crippen LogP contribution is -1.84. The summed E-state index contributed by atoms with van der Waals surface area (Å²) in [7, 11) is 0. The number of hydrogen-bond acceptors (Lipinski definition) is 2. The highest BCUT2D eigenvalue weighted by Crippen LogP contribution is 2.19. The molecular weight excluding hydrogens is 140 g/mol. The van der Waals surface area contributed by atoms with Crippen molar-refractivity contribution >= 4 is 0 Å². The molecule has 1 heterocycles. The summed E-state index contributed by atoms with van der Waals surface area (Å²) in [6, 6.07) is 1.56. The Morgan fingerprint density at radius 1 is 1.70 bits per heavy atom. The van der Waals surface area contributed by atoms with Gasteiger partial charge in [-0.3, -0.25) is 5.10 Å². The molecule has 0 aliphatic rings. The van der Waals surface area contributed by atoms with E-state index in [0.29, 0.717) is 0 Å². The average molecular weight is 143 g/mol. The third-order valence-corrected chi connectivity index (χ3v) is 1.02. The minimum atomic E-state index is -2.63. The summed E-state index contributed by atoms with van der Waals surface area (Å²) in [4.78, 5) is 0. The van der Waals surface area contributed by atoms with Gasteiger partial charge in [0.05, 0.1) is 11.8 Å². The van der Waals surface area contributed by atoms with E-state index in [1.807, 2.05) is 0 Å². The molecular formula is C5H3F2N3. The van der Waals surface area contributed by atoms with Gasteiger partial charge in [-0.2, -0.15) is 10.4 Å². The van der Waals surface area contributed by atoms with Gasteiger partial charge < -0.3 is 0 Å². The molecule has 0 amide bonds. The molecule has 0 bridgehead atoms. The van der Waals surface area contributed by atoms with Crippen molar-refractivity contribution in [3.63, 3.8) is 0 Å². The number of aromatic nitrogens is 2. The Morgan fingerprint density at radius 3 is 2.80 bits per heavy atom. The summed E-state index contributed by atoms with van der Waals surface area (Å²) in [6.07, 6.45) is -1.68. The van der Waals surface area contributed by atoms with E-state index in [9.17, 15) is 8.78 Å². The largest absolute Gasteiger partial charge is 0.268 e. The molecule has 1 N–H and O–H groups in total. The van der Waals surface area contributed by atoms with Crippen molar-refractivity contribution in [3.05, 3.63) is 17.5 Å². The van der Waals surface area contributed by atoms with Crippen LogP contribution in [-0.4, -0.2) is 10.2 Å². The van der Waals surface area contributed by atoms with Crippen LogP contribution in [0.25, 0.3) is 0 Å². The fraction of sp³-hybridized carbons (Fsp3) is 0.200. The van der Waals surface area contributed by atoms with E-state index in [1.165, 1.54) is 0 Å². The molecule has 0 unspecified atom stereocenters. The van der Waals surface area contributed by atoms with E-state index in [0.717, 1.165) is 6.20 Å². The number of halogens is 2. The van der Waals surface area contributed by atoms with Crippen molar-refractivity contribution in [1.29, 1.82) is 5.26 Å². The maximum absolute atomic E-state index is 11.8. The minimum Gasteiger partial charge on any atom is -0.268 e. The molecule has 52 valence electrons. The van der Waals surface area contributed by atoms with Crippen LogP contribution in [0.5, 0.6) is 0 Å². The lowest BCUT2D eigenvalue weighted by atomic mass is 10.3. The lowest BCUT2D eigenvalue weighted by Gasteiger charge is -1.90. The number of nitrogens with one attached hydrogen (secondary N) is 1. The zero-order chi connectivity index (χ0) is 7.56. The van der Waals surface area contributed by atoms with Crippen LogP contribution in [0, 0.1) is 11.3 Å². The number of hydrogen-bond donors (Lipinski definition) is 1. The first kappa shape index (κ1) is 6.68. The lowest BCUT2D eigenvalue weighted by molar-refractivity contribution is 0.151. The first-order valence-electron chi connectivity index (χ1n) is 2.47. The van der Waals surface area contributed by atoms with E-state index in [-0.39, 0.29) is 11.3 Å². The number of rotatable bonds is 1. The van der Waals surface area contributed by atoms with Gasteiger partial charge >= 0.3 is 0 Å². The van der Waals surface area contributed by atoms with E-state index in [4.69, 9.17) is 5.26 Å². The van der Waals surface area contributed by atoms with Gasteiger partial charge in [-0.05, 0) is 0 Å². The molecule has 1 aromatic rings. The van der Waals surface area contributed by atoms with Crippen LogP contribution >= 0.6 is 0 Å². The summed E-state index contributed by atoms with van der Waals surface area (Å²) in [5.74, 6) is 0. The van der Waals surface area contributed by atoms with Crippen LogP contribution in [0.4, 0.5) is 8.78 Å². The van der Waals surface area contributed by atoms with Crippen molar-refractivity contribution in [2.24, 2.45) is 0 Å². The van der Waals surface area contributed by atoms with Crippen molar-refractivity contribution < 1.29 is 8.78 Å². The highest BCUT2D eigenvalue weighted by molar-refractivity contribution is 5.29. The maximum Gasteiger partial charge on any atom is 0.268 e. The summed E-state index contributed by atoms with van der Waals surface area (Å²) in [5, 5.41) is 13.6. The minimum absolute atomic E-state index is 0.171. The molecule has 0 fully saturated rings. The second-order valence-corrected chi connectivity index (χ2v) is 1.61. The molecule has 0 saturated carbocycles. The van der Waals surface area contributed by atoms with Gasteiger partial charge in [0.2, 0.25) is 0 Å². The SMILES string of the molecule is N#Cc1[nH]ncc1C(F)F. The van der Waals surface area contributed by atoms with Crippen LogP contribution in [0.2, 0.25) is 0 Å². The monoisotopic (exact) mass is 143 g/mol. The molecule has 1 rings (SSSR count). The van der Waals surface area contributed by atoms with Gasteiger partial charge in [-0.15, -0.1) is 0 Å². The van der Waals surface area contributed by atoms with Crippen LogP contribution in [-0.2, 0) is 0 Å². The predicted octanol–water partition coefficient (Wildman–Crippen LogP) is 1.22. The smallest absolute Gasteiger partial charge is 0.268 e. The van der Waals surface area contributed by atoms with Crippen LogP contribution in [0.15, 0.2) is 6.20 Å². The zero-order valence-corrected chi connectivity index (χ0v) is 4.81. The predicted molar refractivity (Wildman–Crippen MR) is 28.3 cm³/mol. The second kappa shape index (κ2) is 2.43. The molecule has 10 heavy (non-hydrogen) atoms. The van der Waals surface area contributed by atoms with Crippen molar-refractivity contribution in [1.82, 2.24) is 10.2 Å². The number of H-pyrrole nitrogens is 1. The molecule has 0 aliphatic carbocycles. The fourth-order valence-corrected chi connectivity index (χ4v) is 0.550. The Hall–Kier alpha value is -1.44. The first-order valence-corrected chi connectivity index (χ1v) is 2.47. The van der Waals surface area contributed by atoms with Gasteiger partial charge in [0.1, 0.15) is 11.8 Å². The highest BCUT2D eigenvalue weighted by atomic mass is 19.3. The number of nitrogens with zero attached hydrogens (tertiary/aromatic N) is 2. The van der Waals surface area contributed by atoms with Gasteiger partial charge in [0.25, 0.3) is 6.43 Å². The summed E-state index contributed by atoms with van der Waals surface area (Å²) < 4.78 is 23.7. The number of aromatic amines is 1. The van der Waals surface area contributed by atoms with Crippen LogP contribution in [0.1, 0.15) is 17.7 Å². The Morgan fingerprint density at radius 2 is 2.40 bits per heavy atom. The van der Waals surface area contributed by atoms with E-state index < -0.39 is 6.43 Å².